The molecule has 0 radical (unpaired) electrons. The van der Waals surface area contributed by atoms with E-state index in [2.05, 4.69) is 17.0 Å². The summed E-state index contributed by atoms with van der Waals surface area (Å²) in [6.45, 7) is 3.95. The summed E-state index contributed by atoms with van der Waals surface area (Å²) in [6, 6.07) is 0. The minimum Gasteiger partial charge on any atom is -0.317 e. The maximum absolute atomic E-state index is 12.4. The topological polar surface area (TPSA) is 58.2 Å². The van der Waals surface area contributed by atoms with Gasteiger partial charge in [0.15, 0.2) is 0 Å². The van der Waals surface area contributed by atoms with Crippen LogP contribution in [0.3, 0.4) is 0 Å². The molecular weight excluding hydrogens is 284 g/mol. The Labute approximate surface area is 129 Å². The Morgan fingerprint density at radius 3 is 2.10 bits per heavy atom. The highest BCUT2D eigenvalue weighted by atomic mass is 32.2. The van der Waals surface area contributed by atoms with Gasteiger partial charge in [-0.25, -0.2) is 13.1 Å². The van der Waals surface area contributed by atoms with Crippen LogP contribution in [0.5, 0.6) is 0 Å². The second-order valence-corrected chi connectivity index (χ2v) is 9.52. The first-order chi connectivity index (χ1) is 10.0. The number of hydrogen-bond acceptors (Lipinski definition) is 3. The van der Waals surface area contributed by atoms with Gasteiger partial charge in [-0.05, 0) is 82.2 Å². The maximum Gasteiger partial charge on any atom is 0.212 e. The standard InChI is InChI=1S/C16H30N2O2S/c1-2-17-5-3-4-6-21(19,20)18-16-10-13-7-14(11-16)9-15(8-13)12-16/h13-15,17-18H,2-12H2,1H3. The van der Waals surface area contributed by atoms with Gasteiger partial charge < -0.3 is 5.32 Å². The Balaban J connectivity index is 1.53. The monoisotopic (exact) mass is 314 g/mol. The first-order valence-electron chi connectivity index (χ1n) is 8.73. The smallest absolute Gasteiger partial charge is 0.212 e. The molecule has 4 aliphatic rings. The molecule has 0 saturated heterocycles. The predicted molar refractivity (Wildman–Crippen MR) is 85.6 cm³/mol. The molecule has 0 aliphatic heterocycles. The van der Waals surface area contributed by atoms with E-state index in [0.29, 0.717) is 5.75 Å². The largest absolute Gasteiger partial charge is 0.317 e. The number of rotatable bonds is 8. The van der Waals surface area contributed by atoms with Gasteiger partial charge in [0, 0.05) is 5.54 Å². The molecule has 5 heteroatoms. The van der Waals surface area contributed by atoms with E-state index in [-0.39, 0.29) is 5.54 Å². The van der Waals surface area contributed by atoms with Gasteiger partial charge in [0.25, 0.3) is 0 Å². The lowest BCUT2D eigenvalue weighted by Gasteiger charge is -2.56. The molecule has 0 amide bonds. The fourth-order valence-corrected chi connectivity index (χ4v) is 6.93. The zero-order chi connectivity index (χ0) is 14.9. The summed E-state index contributed by atoms with van der Waals surface area (Å²) in [5.41, 5.74) is -0.0742. The summed E-state index contributed by atoms with van der Waals surface area (Å²) in [5.74, 6) is 2.65. The third-order valence-corrected chi connectivity index (χ3v) is 7.25. The molecule has 0 aromatic carbocycles. The first kappa shape index (κ1) is 15.8. The number of nitrogens with one attached hydrogen (secondary N) is 2. The van der Waals surface area contributed by atoms with Crippen LogP contribution in [-0.2, 0) is 10.0 Å². The van der Waals surface area contributed by atoms with E-state index in [1.54, 1.807) is 0 Å². The molecule has 21 heavy (non-hydrogen) atoms. The van der Waals surface area contributed by atoms with Crippen molar-refractivity contribution in [3.05, 3.63) is 0 Å². The van der Waals surface area contributed by atoms with E-state index in [9.17, 15) is 8.42 Å². The second kappa shape index (κ2) is 6.17. The molecule has 0 unspecified atom stereocenters. The van der Waals surface area contributed by atoms with Crippen molar-refractivity contribution in [2.75, 3.05) is 18.8 Å². The Kier molecular flexibility index (Phi) is 4.63. The van der Waals surface area contributed by atoms with Gasteiger partial charge in [-0.2, -0.15) is 0 Å². The van der Waals surface area contributed by atoms with Crippen LogP contribution in [0.1, 0.15) is 58.3 Å². The van der Waals surface area contributed by atoms with Crippen LogP contribution in [0.25, 0.3) is 0 Å². The number of unbranched alkanes of at least 4 members (excludes halogenated alkanes) is 1. The molecule has 0 aromatic rings. The first-order valence-corrected chi connectivity index (χ1v) is 10.4. The van der Waals surface area contributed by atoms with Crippen LogP contribution < -0.4 is 10.0 Å². The normalized spacial score (nSPS) is 38.0. The lowest BCUT2D eigenvalue weighted by atomic mass is 9.53. The minimum absolute atomic E-state index is 0.0742. The summed E-state index contributed by atoms with van der Waals surface area (Å²) < 4.78 is 28.0. The van der Waals surface area contributed by atoms with Crippen LogP contribution in [-0.4, -0.2) is 32.8 Å². The van der Waals surface area contributed by atoms with Crippen molar-refractivity contribution < 1.29 is 8.42 Å². The average molecular weight is 314 g/mol. The molecular formula is C16H30N2O2S. The summed E-state index contributed by atoms with van der Waals surface area (Å²) in [7, 11) is -3.11. The number of hydrogen-bond donors (Lipinski definition) is 2. The molecule has 122 valence electrons. The van der Waals surface area contributed by atoms with Crippen LogP contribution in [0.2, 0.25) is 0 Å². The van der Waals surface area contributed by atoms with Gasteiger partial charge in [0.2, 0.25) is 10.0 Å². The van der Waals surface area contributed by atoms with Crippen molar-refractivity contribution >= 4 is 10.0 Å². The van der Waals surface area contributed by atoms with Gasteiger partial charge >= 0.3 is 0 Å². The Bertz CT molecular complexity index is 426. The SMILES string of the molecule is CCNCCCCS(=O)(=O)NC12CC3CC(CC(C3)C1)C2. The fraction of sp³-hybridized carbons (Fsp3) is 1.00. The Morgan fingerprint density at radius 2 is 1.57 bits per heavy atom. The van der Waals surface area contributed by atoms with Crippen molar-refractivity contribution in [3.8, 4) is 0 Å². The van der Waals surface area contributed by atoms with Crippen LogP contribution in [0.15, 0.2) is 0 Å². The molecule has 4 fully saturated rings. The van der Waals surface area contributed by atoms with E-state index in [0.717, 1.165) is 62.9 Å². The zero-order valence-corrected chi connectivity index (χ0v) is 14.1. The Hall–Kier alpha value is -0.130. The molecule has 4 nitrogen and oxygen atoms in total. The van der Waals surface area contributed by atoms with Gasteiger partial charge in [-0.3, -0.25) is 0 Å². The molecule has 0 aromatic heterocycles. The average Bonchev–Trinajstić information content (AvgIpc) is 2.35. The minimum atomic E-state index is -3.11. The summed E-state index contributed by atoms with van der Waals surface area (Å²) in [6.07, 6.45) is 9.03. The summed E-state index contributed by atoms with van der Waals surface area (Å²) in [4.78, 5) is 0. The van der Waals surface area contributed by atoms with Gasteiger partial charge in [-0.15, -0.1) is 0 Å². The quantitative estimate of drug-likeness (QED) is 0.676. The molecule has 2 N–H and O–H groups in total. The van der Waals surface area contributed by atoms with E-state index >= 15 is 0 Å². The zero-order valence-electron chi connectivity index (χ0n) is 13.2. The highest BCUT2D eigenvalue weighted by Gasteiger charge is 2.52. The maximum atomic E-state index is 12.4. The third-order valence-electron chi connectivity index (χ3n) is 5.68. The molecule has 4 aliphatic carbocycles. The highest BCUT2D eigenvalue weighted by molar-refractivity contribution is 7.89. The molecule has 0 atom stereocenters. The molecule has 4 bridgehead atoms. The lowest BCUT2D eigenvalue weighted by Crippen LogP contribution is -2.60. The van der Waals surface area contributed by atoms with Crippen molar-refractivity contribution in [1.29, 1.82) is 0 Å². The third kappa shape index (κ3) is 3.80. The van der Waals surface area contributed by atoms with E-state index < -0.39 is 10.0 Å². The van der Waals surface area contributed by atoms with Crippen LogP contribution >= 0.6 is 0 Å². The van der Waals surface area contributed by atoms with Crippen LogP contribution in [0, 0.1) is 17.8 Å². The van der Waals surface area contributed by atoms with Crippen molar-refractivity contribution in [1.82, 2.24) is 10.0 Å². The molecule has 4 rings (SSSR count). The molecule has 0 spiro atoms. The van der Waals surface area contributed by atoms with E-state index in [1.165, 1.54) is 19.3 Å². The van der Waals surface area contributed by atoms with E-state index in [1.807, 2.05) is 0 Å². The van der Waals surface area contributed by atoms with Crippen LogP contribution in [0.4, 0.5) is 0 Å². The predicted octanol–water partition coefficient (Wildman–Crippen LogP) is 2.26. The summed E-state index contributed by atoms with van der Waals surface area (Å²) in [5, 5.41) is 3.25. The second-order valence-electron chi connectivity index (χ2n) is 7.68. The Morgan fingerprint density at radius 1 is 1.00 bits per heavy atom. The van der Waals surface area contributed by atoms with Crippen molar-refractivity contribution in [3.63, 3.8) is 0 Å². The number of sulfonamides is 1. The van der Waals surface area contributed by atoms with E-state index in [4.69, 9.17) is 0 Å². The summed E-state index contributed by atoms with van der Waals surface area (Å²) >= 11 is 0. The van der Waals surface area contributed by atoms with Crippen molar-refractivity contribution in [2.24, 2.45) is 17.8 Å². The molecule has 0 heterocycles. The lowest BCUT2D eigenvalue weighted by molar-refractivity contribution is -0.00810. The fourth-order valence-electron chi connectivity index (χ4n) is 5.34. The molecule has 4 saturated carbocycles. The van der Waals surface area contributed by atoms with Gasteiger partial charge in [0.1, 0.15) is 0 Å². The van der Waals surface area contributed by atoms with Crippen molar-refractivity contribution in [2.45, 2.75) is 63.8 Å². The van der Waals surface area contributed by atoms with Gasteiger partial charge in [-0.1, -0.05) is 6.92 Å². The van der Waals surface area contributed by atoms with Gasteiger partial charge in [0.05, 0.1) is 5.75 Å². The highest BCUT2D eigenvalue weighted by Crippen LogP contribution is 2.55.